The minimum absolute atomic E-state index is 0.169. The van der Waals surface area contributed by atoms with Gasteiger partial charge in [-0.05, 0) is 35.7 Å². The standard InChI is InChI=1S/C21H29N3O3/c1-14(2)15-7-10-19(27-6)17(13-15)18-9-8-16(20(23-18)24(3)4)21(25)22-11-12-26-5/h7-10,13-14H,11-12H2,1-6H3,(H,22,25). The van der Waals surface area contributed by atoms with E-state index in [4.69, 9.17) is 14.5 Å². The van der Waals surface area contributed by atoms with Gasteiger partial charge < -0.3 is 19.7 Å². The van der Waals surface area contributed by atoms with E-state index in [2.05, 4.69) is 31.3 Å². The lowest BCUT2D eigenvalue weighted by Gasteiger charge is -2.18. The molecule has 2 rings (SSSR count). The van der Waals surface area contributed by atoms with Gasteiger partial charge in [-0.1, -0.05) is 19.9 Å². The normalized spacial score (nSPS) is 10.8. The second-order valence-corrected chi connectivity index (χ2v) is 6.83. The van der Waals surface area contributed by atoms with Gasteiger partial charge in [0.25, 0.3) is 5.91 Å². The highest BCUT2D eigenvalue weighted by Crippen LogP contribution is 2.33. The van der Waals surface area contributed by atoms with Crippen molar-refractivity contribution in [3.63, 3.8) is 0 Å². The van der Waals surface area contributed by atoms with Crippen LogP contribution in [0.3, 0.4) is 0 Å². The van der Waals surface area contributed by atoms with E-state index in [1.807, 2.05) is 31.1 Å². The van der Waals surface area contributed by atoms with Gasteiger partial charge in [0.15, 0.2) is 0 Å². The van der Waals surface area contributed by atoms with Crippen LogP contribution in [0.1, 0.15) is 35.7 Å². The van der Waals surface area contributed by atoms with Crippen molar-refractivity contribution in [1.82, 2.24) is 10.3 Å². The van der Waals surface area contributed by atoms with Crippen molar-refractivity contribution in [3.05, 3.63) is 41.5 Å². The number of anilines is 1. The van der Waals surface area contributed by atoms with Crippen molar-refractivity contribution in [2.75, 3.05) is 46.4 Å². The maximum absolute atomic E-state index is 12.5. The molecule has 0 radical (unpaired) electrons. The van der Waals surface area contributed by atoms with Crippen LogP contribution in [0.5, 0.6) is 5.75 Å². The lowest BCUT2D eigenvalue weighted by atomic mass is 9.98. The summed E-state index contributed by atoms with van der Waals surface area (Å²) in [4.78, 5) is 19.1. The van der Waals surface area contributed by atoms with Gasteiger partial charge in [0, 0.05) is 33.3 Å². The molecule has 1 aromatic carbocycles. The van der Waals surface area contributed by atoms with Gasteiger partial charge in [-0.2, -0.15) is 0 Å². The fourth-order valence-electron chi connectivity index (χ4n) is 2.76. The van der Waals surface area contributed by atoms with Crippen LogP contribution in [-0.4, -0.2) is 52.4 Å². The molecule has 1 aromatic heterocycles. The van der Waals surface area contributed by atoms with Crippen molar-refractivity contribution in [1.29, 1.82) is 0 Å². The number of nitrogens with zero attached hydrogens (tertiary/aromatic N) is 2. The number of amides is 1. The van der Waals surface area contributed by atoms with E-state index in [0.29, 0.717) is 30.5 Å². The van der Waals surface area contributed by atoms with E-state index in [1.165, 1.54) is 5.56 Å². The molecule has 6 nitrogen and oxygen atoms in total. The van der Waals surface area contributed by atoms with Gasteiger partial charge in [0.1, 0.15) is 11.6 Å². The zero-order valence-electron chi connectivity index (χ0n) is 17.0. The fraction of sp³-hybridized carbons (Fsp3) is 0.429. The average Bonchev–Trinajstić information content (AvgIpc) is 2.66. The molecular weight excluding hydrogens is 342 g/mol. The zero-order chi connectivity index (χ0) is 20.0. The van der Waals surface area contributed by atoms with Crippen molar-refractivity contribution in [2.24, 2.45) is 0 Å². The van der Waals surface area contributed by atoms with Crippen molar-refractivity contribution < 1.29 is 14.3 Å². The predicted molar refractivity (Wildman–Crippen MR) is 109 cm³/mol. The summed E-state index contributed by atoms with van der Waals surface area (Å²) in [5.74, 6) is 1.60. The monoisotopic (exact) mass is 371 g/mol. The summed E-state index contributed by atoms with van der Waals surface area (Å²) in [6.45, 7) is 5.22. The smallest absolute Gasteiger partial charge is 0.255 e. The number of rotatable bonds is 8. The van der Waals surface area contributed by atoms with E-state index >= 15 is 0 Å². The summed E-state index contributed by atoms with van der Waals surface area (Å²) in [5, 5.41) is 2.85. The Kier molecular flexibility index (Phi) is 7.19. The Morgan fingerprint density at radius 3 is 2.52 bits per heavy atom. The Balaban J connectivity index is 2.47. The van der Waals surface area contributed by atoms with Crippen LogP contribution in [-0.2, 0) is 4.74 Å². The third-order valence-electron chi connectivity index (χ3n) is 4.30. The van der Waals surface area contributed by atoms with Gasteiger partial charge in [0.05, 0.1) is 25.0 Å². The summed E-state index contributed by atoms with van der Waals surface area (Å²) in [6.07, 6.45) is 0. The summed E-state index contributed by atoms with van der Waals surface area (Å²) in [7, 11) is 7.00. The second kappa shape index (κ2) is 9.37. The fourth-order valence-corrected chi connectivity index (χ4v) is 2.76. The lowest BCUT2D eigenvalue weighted by Crippen LogP contribution is -2.29. The maximum atomic E-state index is 12.5. The summed E-state index contributed by atoms with van der Waals surface area (Å²) < 4.78 is 10.5. The van der Waals surface area contributed by atoms with Crippen LogP contribution < -0.4 is 15.0 Å². The van der Waals surface area contributed by atoms with Crippen LogP contribution in [0.15, 0.2) is 30.3 Å². The van der Waals surface area contributed by atoms with Crippen molar-refractivity contribution >= 4 is 11.7 Å². The molecule has 0 saturated heterocycles. The first kappa shape index (κ1) is 20.7. The first-order valence-electron chi connectivity index (χ1n) is 9.02. The Bertz CT molecular complexity index is 788. The van der Waals surface area contributed by atoms with Crippen molar-refractivity contribution in [3.8, 4) is 17.0 Å². The zero-order valence-corrected chi connectivity index (χ0v) is 17.0. The summed E-state index contributed by atoms with van der Waals surface area (Å²) in [6, 6.07) is 9.80. The molecule has 0 atom stereocenters. The number of carbonyl (C=O) groups is 1. The molecular formula is C21H29N3O3. The van der Waals surface area contributed by atoms with E-state index in [-0.39, 0.29) is 5.91 Å². The molecule has 6 heteroatoms. The number of methoxy groups -OCH3 is 2. The average molecular weight is 371 g/mol. The quantitative estimate of drug-likeness (QED) is 0.721. The number of ether oxygens (including phenoxy) is 2. The highest BCUT2D eigenvalue weighted by molar-refractivity contribution is 5.99. The van der Waals surface area contributed by atoms with Gasteiger partial charge in [-0.15, -0.1) is 0 Å². The first-order valence-corrected chi connectivity index (χ1v) is 9.02. The number of aromatic nitrogens is 1. The first-order chi connectivity index (χ1) is 12.9. The third kappa shape index (κ3) is 4.98. The van der Waals surface area contributed by atoms with Crippen LogP contribution in [0, 0.1) is 0 Å². The number of pyridine rings is 1. The van der Waals surface area contributed by atoms with Gasteiger partial charge in [-0.3, -0.25) is 4.79 Å². The molecule has 0 unspecified atom stereocenters. The van der Waals surface area contributed by atoms with Crippen LogP contribution in [0.2, 0.25) is 0 Å². The number of carbonyl (C=O) groups excluding carboxylic acids is 1. The van der Waals surface area contributed by atoms with Crippen LogP contribution >= 0.6 is 0 Å². The molecule has 0 saturated carbocycles. The molecule has 2 aromatic rings. The Labute approximate surface area is 161 Å². The molecule has 0 spiro atoms. The maximum Gasteiger partial charge on any atom is 0.255 e. The minimum atomic E-state index is -0.169. The minimum Gasteiger partial charge on any atom is -0.496 e. The molecule has 0 aliphatic rings. The highest BCUT2D eigenvalue weighted by Gasteiger charge is 2.17. The molecule has 0 fully saturated rings. The Morgan fingerprint density at radius 1 is 1.19 bits per heavy atom. The van der Waals surface area contributed by atoms with Crippen LogP contribution in [0.25, 0.3) is 11.3 Å². The topological polar surface area (TPSA) is 63.7 Å². The molecule has 0 aliphatic carbocycles. The van der Waals surface area contributed by atoms with E-state index < -0.39 is 0 Å². The summed E-state index contributed by atoms with van der Waals surface area (Å²) in [5.41, 5.74) is 3.42. The lowest BCUT2D eigenvalue weighted by molar-refractivity contribution is 0.0937. The molecule has 0 bridgehead atoms. The van der Waals surface area contributed by atoms with E-state index in [9.17, 15) is 4.79 Å². The molecule has 27 heavy (non-hydrogen) atoms. The molecule has 1 N–H and O–H groups in total. The Hall–Kier alpha value is -2.60. The molecule has 0 aliphatic heterocycles. The predicted octanol–water partition coefficient (Wildman–Crippen LogP) is 3.32. The van der Waals surface area contributed by atoms with Gasteiger partial charge >= 0.3 is 0 Å². The van der Waals surface area contributed by atoms with Crippen molar-refractivity contribution in [2.45, 2.75) is 19.8 Å². The Morgan fingerprint density at radius 2 is 1.93 bits per heavy atom. The van der Waals surface area contributed by atoms with E-state index in [1.54, 1.807) is 20.3 Å². The van der Waals surface area contributed by atoms with Crippen LogP contribution in [0.4, 0.5) is 5.82 Å². The van der Waals surface area contributed by atoms with Gasteiger partial charge in [-0.25, -0.2) is 4.98 Å². The SMILES string of the molecule is COCCNC(=O)c1ccc(-c2cc(C(C)C)ccc2OC)nc1N(C)C. The second-order valence-electron chi connectivity index (χ2n) is 6.83. The third-order valence-corrected chi connectivity index (χ3v) is 4.30. The molecule has 1 amide bonds. The molecule has 1 heterocycles. The highest BCUT2D eigenvalue weighted by atomic mass is 16.5. The largest absolute Gasteiger partial charge is 0.496 e. The number of hydrogen-bond donors (Lipinski definition) is 1. The number of hydrogen-bond acceptors (Lipinski definition) is 5. The van der Waals surface area contributed by atoms with Gasteiger partial charge in [0.2, 0.25) is 0 Å². The number of nitrogens with one attached hydrogen (secondary N) is 1. The van der Waals surface area contributed by atoms with E-state index in [0.717, 1.165) is 17.0 Å². The summed E-state index contributed by atoms with van der Waals surface area (Å²) >= 11 is 0. The number of benzene rings is 1. The molecule has 146 valence electrons.